The Kier molecular flexibility index (Phi) is 4.03. The van der Waals surface area contributed by atoms with Gasteiger partial charge in [-0.15, -0.1) is 0 Å². The third-order valence-electron chi connectivity index (χ3n) is 2.05. The van der Waals surface area contributed by atoms with Crippen molar-refractivity contribution >= 4 is 16.6 Å². The summed E-state index contributed by atoms with van der Waals surface area (Å²) in [7, 11) is 0.619. The molecule has 1 aromatic carbocycles. The first-order chi connectivity index (χ1) is 7.04. The molecule has 0 radical (unpaired) electrons. The highest BCUT2D eigenvalue weighted by atomic mass is 32.2. The van der Waals surface area contributed by atoms with Crippen LogP contribution in [0.5, 0.6) is 5.75 Å². The van der Waals surface area contributed by atoms with Gasteiger partial charge in [-0.05, 0) is 25.1 Å². The van der Waals surface area contributed by atoms with Crippen LogP contribution >= 0.6 is 0 Å². The molecule has 1 rings (SSSR count). The molecule has 0 saturated heterocycles. The van der Waals surface area contributed by atoms with Gasteiger partial charge in [-0.3, -0.25) is 9.00 Å². The summed E-state index contributed by atoms with van der Waals surface area (Å²) in [5.41, 5.74) is 1.43. The van der Waals surface area contributed by atoms with Crippen LogP contribution in [0.25, 0.3) is 0 Å². The SMILES string of the molecule is COc1ccc(C(C)=O)cc1CS(C)=O. The van der Waals surface area contributed by atoms with Gasteiger partial charge in [0.2, 0.25) is 0 Å². The molecule has 0 amide bonds. The first-order valence-corrected chi connectivity index (χ1v) is 6.25. The summed E-state index contributed by atoms with van der Waals surface area (Å²) in [4.78, 5) is 11.2. The van der Waals surface area contributed by atoms with E-state index in [0.717, 1.165) is 5.56 Å². The maximum Gasteiger partial charge on any atom is 0.159 e. The van der Waals surface area contributed by atoms with Crippen LogP contribution in [0, 0.1) is 0 Å². The molecule has 3 nitrogen and oxygen atoms in total. The lowest BCUT2D eigenvalue weighted by Crippen LogP contribution is -2.00. The Bertz CT molecular complexity index is 399. The maximum atomic E-state index is 11.2. The maximum absolute atomic E-state index is 11.2. The number of hydrogen-bond donors (Lipinski definition) is 0. The highest BCUT2D eigenvalue weighted by Gasteiger charge is 2.08. The minimum absolute atomic E-state index is 0.000730. The molecule has 0 aliphatic rings. The van der Waals surface area contributed by atoms with Crippen LogP contribution in [0.1, 0.15) is 22.8 Å². The van der Waals surface area contributed by atoms with Crippen molar-refractivity contribution in [3.63, 3.8) is 0 Å². The van der Waals surface area contributed by atoms with Crippen molar-refractivity contribution in [2.24, 2.45) is 0 Å². The first-order valence-electron chi connectivity index (χ1n) is 4.52. The smallest absolute Gasteiger partial charge is 0.159 e. The Morgan fingerprint density at radius 3 is 2.60 bits per heavy atom. The number of ether oxygens (including phenoxy) is 1. The normalized spacial score (nSPS) is 12.2. The summed E-state index contributed by atoms with van der Waals surface area (Å²) < 4.78 is 16.3. The predicted octanol–water partition coefficient (Wildman–Crippen LogP) is 1.78. The summed E-state index contributed by atoms with van der Waals surface area (Å²) in [6.07, 6.45) is 1.62. The average molecular weight is 226 g/mol. The van der Waals surface area contributed by atoms with E-state index >= 15 is 0 Å². The average Bonchev–Trinajstić information content (AvgIpc) is 2.16. The highest BCUT2D eigenvalue weighted by molar-refractivity contribution is 7.83. The number of rotatable bonds is 4. The Hall–Kier alpha value is -1.16. The standard InChI is InChI=1S/C11H14O3S/c1-8(12)9-4-5-11(14-2)10(6-9)7-15(3)13/h4-6H,7H2,1-3H3. The Morgan fingerprint density at radius 2 is 2.13 bits per heavy atom. The first kappa shape index (κ1) is 11.9. The van der Waals surface area contributed by atoms with Crippen molar-refractivity contribution in [3.8, 4) is 5.75 Å². The van der Waals surface area contributed by atoms with Gasteiger partial charge in [0.25, 0.3) is 0 Å². The highest BCUT2D eigenvalue weighted by Crippen LogP contribution is 2.21. The molecular weight excluding hydrogens is 212 g/mol. The number of hydrogen-bond acceptors (Lipinski definition) is 3. The molecule has 0 saturated carbocycles. The second kappa shape index (κ2) is 5.07. The Balaban J connectivity index is 3.12. The quantitative estimate of drug-likeness (QED) is 0.735. The van der Waals surface area contributed by atoms with Crippen molar-refractivity contribution < 1.29 is 13.7 Å². The van der Waals surface area contributed by atoms with Crippen LogP contribution in [0.2, 0.25) is 0 Å². The van der Waals surface area contributed by atoms with Crippen LogP contribution in [0.3, 0.4) is 0 Å². The summed E-state index contributed by atoms with van der Waals surface area (Å²) in [5, 5.41) is 0. The molecule has 15 heavy (non-hydrogen) atoms. The van der Waals surface area contributed by atoms with Gasteiger partial charge in [0.05, 0.1) is 12.9 Å². The van der Waals surface area contributed by atoms with E-state index in [4.69, 9.17) is 4.74 Å². The number of carbonyl (C=O) groups excluding carboxylic acids is 1. The van der Waals surface area contributed by atoms with Gasteiger partial charge < -0.3 is 4.74 Å². The van der Waals surface area contributed by atoms with E-state index in [0.29, 0.717) is 17.1 Å². The van der Waals surface area contributed by atoms with Gasteiger partial charge in [0, 0.05) is 28.2 Å². The lowest BCUT2D eigenvalue weighted by atomic mass is 10.1. The lowest BCUT2D eigenvalue weighted by molar-refractivity contribution is 0.101. The number of Topliss-reactive ketones (excluding diaryl/α,β-unsaturated/α-hetero) is 1. The fourth-order valence-electron chi connectivity index (χ4n) is 1.33. The van der Waals surface area contributed by atoms with Gasteiger partial charge in [0.1, 0.15) is 5.75 Å². The van der Waals surface area contributed by atoms with Crippen LogP contribution in [0.4, 0.5) is 0 Å². The van der Waals surface area contributed by atoms with Crippen molar-refractivity contribution in [1.82, 2.24) is 0 Å². The summed E-state index contributed by atoms with van der Waals surface area (Å²) in [6.45, 7) is 1.51. The molecule has 82 valence electrons. The van der Waals surface area contributed by atoms with E-state index in [-0.39, 0.29) is 5.78 Å². The van der Waals surface area contributed by atoms with Crippen molar-refractivity contribution in [1.29, 1.82) is 0 Å². The van der Waals surface area contributed by atoms with E-state index < -0.39 is 10.8 Å². The van der Waals surface area contributed by atoms with Crippen LogP contribution in [0.15, 0.2) is 18.2 Å². The molecular formula is C11H14O3S. The molecule has 4 heteroatoms. The predicted molar refractivity (Wildman–Crippen MR) is 60.8 cm³/mol. The zero-order valence-electron chi connectivity index (χ0n) is 9.07. The molecule has 0 aliphatic heterocycles. The van der Waals surface area contributed by atoms with Gasteiger partial charge in [-0.25, -0.2) is 0 Å². The number of carbonyl (C=O) groups is 1. The number of ketones is 1. The monoisotopic (exact) mass is 226 g/mol. The fraction of sp³-hybridized carbons (Fsp3) is 0.364. The molecule has 1 unspecified atom stereocenters. The summed E-state index contributed by atoms with van der Waals surface area (Å²) >= 11 is 0. The third kappa shape index (κ3) is 3.16. The zero-order valence-corrected chi connectivity index (χ0v) is 9.89. The minimum atomic E-state index is -0.941. The Labute approximate surface area is 91.9 Å². The molecule has 1 aromatic rings. The Morgan fingerprint density at radius 1 is 1.47 bits per heavy atom. The van der Waals surface area contributed by atoms with E-state index in [1.807, 2.05) is 0 Å². The summed E-state index contributed by atoms with van der Waals surface area (Å²) in [5.74, 6) is 1.08. The zero-order chi connectivity index (χ0) is 11.4. The third-order valence-corrected chi connectivity index (χ3v) is 2.76. The second-order valence-corrected chi connectivity index (χ2v) is 4.74. The van der Waals surface area contributed by atoms with Crippen LogP contribution in [-0.2, 0) is 16.6 Å². The van der Waals surface area contributed by atoms with Crippen LogP contribution < -0.4 is 4.74 Å². The van der Waals surface area contributed by atoms with Gasteiger partial charge in [-0.1, -0.05) is 0 Å². The molecule has 0 fully saturated rings. The fourth-order valence-corrected chi connectivity index (χ4v) is 1.99. The summed E-state index contributed by atoms with van der Waals surface area (Å²) in [6, 6.07) is 5.19. The molecule has 0 aliphatic carbocycles. The van der Waals surface area contributed by atoms with Crippen molar-refractivity contribution in [3.05, 3.63) is 29.3 Å². The van der Waals surface area contributed by atoms with Gasteiger partial charge in [-0.2, -0.15) is 0 Å². The molecule has 0 aromatic heterocycles. The van der Waals surface area contributed by atoms with Crippen LogP contribution in [-0.4, -0.2) is 23.4 Å². The van der Waals surface area contributed by atoms with Gasteiger partial charge in [0.15, 0.2) is 5.78 Å². The lowest BCUT2D eigenvalue weighted by Gasteiger charge is -2.08. The molecule has 0 heterocycles. The van der Waals surface area contributed by atoms with E-state index in [1.165, 1.54) is 6.92 Å². The van der Waals surface area contributed by atoms with E-state index in [1.54, 1.807) is 31.6 Å². The molecule has 0 N–H and O–H groups in total. The largest absolute Gasteiger partial charge is 0.496 e. The second-order valence-electron chi connectivity index (χ2n) is 3.30. The number of benzene rings is 1. The van der Waals surface area contributed by atoms with Crippen molar-refractivity contribution in [2.45, 2.75) is 12.7 Å². The number of methoxy groups -OCH3 is 1. The topological polar surface area (TPSA) is 43.4 Å². The molecule has 0 bridgehead atoms. The molecule has 1 atom stereocenters. The van der Waals surface area contributed by atoms with Gasteiger partial charge >= 0.3 is 0 Å². The van der Waals surface area contributed by atoms with E-state index in [9.17, 15) is 9.00 Å². The van der Waals surface area contributed by atoms with E-state index in [2.05, 4.69) is 0 Å². The molecule has 0 spiro atoms. The van der Waals surface area contributed by atoms with Crippen molar-refractivity contribution in [2.75, 3.05) is 13.4 Å². The minimum Gasteiger partial charge on any atom is -0.496 e.